The van der Waals surface area contributed by atoms with Crippen LogP contribution in [0.1, 0.15) is 11.1 Å². The van der Waals surface area contributed by atoms with Gasteiger partial charge in [-0.2, -0.15) is 10.5 Å². The summed E-state index contributed by atoms with van der Waals surface area (Å²) >= 11 is 5.28. The maximum absolute atomic E-state index is 13.3. The highest BCUT2D eigenvalue weighted by Crippen LogP contribution is 2.23. The molecule has 0 saturated heterocycles. The minimum atomic E-state index is -0.487. The third-order valence-electron chi connectivity index (χ3n) is 3.13. The Labute approximate surface area is 124 Å². The average molecular weight is 294 g/mol. The third kappa shape index (κ3) is 2.08. The molecule has 0 saturated carbocycles. The van der Waals surface area contributed by atoms with E-state index in [9.17, 15) is 9.65 Å². The summed E-state index contributed by atoms with van der Waals surface area (Å²) < 4.78 is 15.3. The summed E-state index contributed by atoms with van der Waals surface area (Å²) in [4.78, 5) is 3.01. The fourth-order valence-corrected chi connectivity index (χ4v) is 2.51. The zero-order chi connectivity index (χ0) is 15.0. The smallest absolute Gasteiger partial charge is 0.182 e. The molecule has 2 aromatic carbocycles. The molecule has 4 nitrogen and oxygen atoms in total. The Morgan fingerprint density at radius 1 is 1.10 bits per heavy atom. The molecule has 0 bridgehead atoms. The van der Waals surface area contributed by atoms with Crippen molar-refractivity contribution in [1.82, 2.24) is 9.55 Å². The van der Waals surface area contributed by atoms with Gasteiger partial charge in [-0.25, -0.2) is 4.39 Å². The van der Waals surface area contributed by atoms with E-state index in [1.807, 2.05) is 6.07 Å². The first-order chi connectivity index (χ1) is 10.1. The predicted octanol–water partition coefficient (Wildman–Crippen LogP) is 3.57. The fourth-order valence-electron chi connectivity index (χ4n) is 2.20. The Kier molecular flexibility index (Phi) is 3.02. The van der Waals surface area contributed by atoms with Crippen molar-refractivity contribution >= 4 is 23.3 Å². The van der Waals surface area contributed by atoms with Crippen LogP contribution in [0.15, 0.2) is 36.4 Å². The summed E-state index contributed by atoms with van der Waals surface area (Å²) in [7, 11) is 0. The summed E-state index contributed by atoms with van der Waals surface area (Å²) in [6.07, 6.45) is 0. The number of halogens is 1. The Morgan fingerprint density at radius 2 is 1.90 bits per heavy atom. The Bertz CT molecular complexity index is 1000. The summed E-state index contributed by atoms with van der Waals surface area (Å²) in [5.41, 5.74) is 2.54. The van der Waals surface area contributed by atoms with Gasteiger partial charge in [0.15, 0.2) is 4.77 Å². The van der Waals surface area contributed by atoms with Crippen LogP contribution in [-0.4, -0.2) is 9.55 Å². The van der Waals surface area contributed by atoms with Gasteiger partial charge in [-0.15, -0.1) is 0 Å². The van der Waals surface area contributed by atoms with E-state index in [1.54, 1.807) is 22.8 Å². The molecule has 0 amide bonds. The van der Waals surface area contributed by atoms with Gasteiger partial charge in [0.25, 0.3) is 0 Å². The Hall–Kier alpha value is -2.96. The van der Waals surface area contributed by atoms with E-state index in [4.69, 9.17) is 17.5 Å². The molecule has 1 heterocycles. The zero-order valence-electron chi connectivity index (χ0n) is 10.6. The van der Waals surface area contributed by atoms with E-state index in [2.05, 4.69) is 11.1 Å². The number of rotatable bonds is 1. The quantitative estimate of drug-likeness (QED) is 0.698. The number of aromatic amines is 1. The molecule has 0 atom stereocenters. The van der Waals surface area contributed by atoms with Crippen molar-refractivity contribution in [3.63, 3.8) is 0 Å². The van der Waals surface area contributed by atoms with E-state index < -0.39 is 5.82 Å². The van der Waals surface area contributed by atoms with Gasteiger partial charge in [0.1, 0.15) is 11.9 Å². The maximum Gasteiger partial charge on any atom is 0.182 e. The van der Waals surface area contributed by atoms with Crippen molar-refractivity contribution in [2.75, 3.05) is 0 Å². The molecule has 21 heavy (non-hydrogen) atoms. The molecule has 100 valence electrons. The van der Waals surface area contributed by atoms with E-state index in [-0.39, 0.29) is 5.56 Å². The number of fused-ring (bicyclic) bond motifs is 1. The average Bonchev–Trinajstić information content (AvgIpc) is 2.82. The summed E-state index contributed by atoms with van der Waals surface area (Å²) in [6.45, 7) is 0. The molecular formula is C15H7FN4S. The van der Waals surface area contributed by atoms with Gasteiger partial charge in [-0.3, -0.25) is 4.57 Å². The van der Waals surface area contributed by atoms with Gasteiger partial charge in [-0.1, -0.05) is 0 Å². The van der Waals surface area contributed by atoms with Gasteiger partial charge >= 0.3 is 0 Å². The third-order valence-corrected chi connectivity index (χ3v) is 3.42. The number of nitrogens with one attached hydrogen (secondary N) is 1. The SMILES string of the molecule is N#Cc1ccc2[nH]c(=S)n(-c3ccc(F)cc3C#N)c2c1. The highest BCUT2D eigenvalue weighted by Gasteiger charge is 2.12. The van der Waals surface area contributed by atoms with Crippen molar-refractivity contribution in [3.05, 3.63) is 58.1 Å². The van der Waals surface area contributed by atoms with E-state index >= 15 is 0 Å². The fraction of sp³-hybridized carbons (Fsp3) is 0. The Balaban J connectivity index is 2.41. The van der Waals surface area contributed by atoms with Crippen molar-refractivity contribution in [2.24, 2.45) is 0 Å². The molecule has 0 unspecified atom stereocenters. The van der Waals surface area contributed by atoms with Crippen molar-refractivity contribution in [3.8, 4) is 17.8 Å². The van der Waals surface area contributed by atoms with Gasteiger partial charge in [0.05, 0.1) is 33.9 Å². The molecule has 0 fully saturated rings. The van der Waals surface area contributed by atoms with Crippen molar-refractivity contribution in [1.29, 1.82) is 10.5 Å². The lowest BCUT2D eigenvalue weighted by Gasteiger charge is -2.07. The number of hydrogen-bond donors (Lipinski definition) is 1. The number of H-pyrrole nitrogens is 1. The molecule has 0 aliphatic heterocycles. The van der Waals surface area contributed by atoms with Gasteiger partial charge in [-0.05, 0) is 48.6 Å². The predicted molar refractivity (Wildman–Crippen MR) is 77.8 cm³/mol. The van der Waals surface area contributed by atoms with Crippen LogP contribution in [0.25, 0.3) is 16.7 Å². The first kappa shape index (κ1) is 13.0. The minimum absolute atomic E-state index is 0.175. The standard InChI is InChI=1S/C15H7FN4S/c16-11-2-4-13(10(6-11)8-18)20-14-5-9(7-17)1-3-12(14)19-15(20)21/h1-6H,(H,19,21). The lowest BCUT2D eigenvalue weighted by atomic mass is 10.1. The molecule has 0 aliphatic rings. The molecule has 3 aromatic rings. The van der Waals surface area contributed by atoms with Gasteiger partial charge in [0.2, 0.25) is 0 Å². The molecular weight excluding hydrogens is 287 g/mol. The highest BCUT2D eigenvalue weighted by atomic mass is 32.1. The second-order valence-electron chi connectivity index (χ2n) is 4.38. The minimum Gasteiger partial charge on any atom is -0.330 e. The lowest BCUT2D eigenvalue weighted by molar-refractivity contribution is 0.627. The molecule has 0 aliphatic carbocycles. The number of imidazole rings is 1. The van der Waals surface area contributed by atoms with Crippen LogP contribution in [-0.2, 0) is 0 Å². The zero-order valence-corrected chi connectivity index (χ0v) is 11.4. The van der Waals surface area contributed by atoms with Crippen molar-refractivity contribution < 1.29 is 4.39 Å². The molecule has 6 heteroatoms. The second-order valence-corrected chi connectivity index (χ2v) is 4.77. The number of benzene rings is 2. The second kappa shape index (κ2) is 4.86. The lowest BCUT2D eigenvalue weighted by Crippen LogP contribution is -1.98. The monoisotopic (exact) mass is 294 g/mol. The van der Waals surface area contributed by atoms with Crippen LogP contribution in [0.4, 0.5) is 4.39 Å². The highest BCUT2D eigenvalue weighted by molar-refractivity contribution is 7.71. The number of hydrogen-bond acceptors (Lipinski definition) is 3. The molecule has 1 aromatic heterocycles. The van der Waals surface area contributed by atoms with E-state index in [1.165, 1.54) is 12.1 Å². The normalized spacial score (nSPS) is 10.2. The molecule has 0 radical (unpaired) electrons. The largest absolute Gasteiger partial charge is 0.330 e. The maximum atomic E-state index is 13.3. The van der Waals surface area contributed by atoms with Crippen LogP contribution in [0.3, 0.4) is 0 Å². The van der Waals surface area contributed by atoms with Crippen molar-refractivity contribution in [2.45, 2.75) is 0 Å². The van der Waals surface area contributed by atoms with Crippen LogP contribution in [0, 0.1) is 33.3 Å². The Morgan fingerprint density at radius 3 is 2.62 bits per heavy atom. The van der Waals surface area contributed by atoms with Gasteiger partial charge < -0.3 is 4.98 Å². The van der Waals surface area contributed by atoms with Crippen LogP contribution >= 0.6 is 12.2 Å². The topological polar surface area (TPSA) is 68.3 Å². The first-order valence-corrected chi connectivity index (χ1v) is 6.40. The molecule has 3 rings (SSSR count). The van der Waals surface area contributed by atoms with Crippen LogP contribution < -0.4 is 0 Å². The van der Waals surface area contributed by atoms with Crippen LogP contribution in [0.2, 0.25) is 0 Å². The summed E-state index contributed by atoms with van der Waals surface area (Å²) in [5.74, 6) is -0.487. The summed E-state index contributed by atoms with van der Waals surface area (Å²) in [5, 5.41) is 18.2. The number of nitrogens with zero attached hydrogens (tertiary/aromatic N) is 3. The molecule has 1 N–H and O–H groups in total. The van der Waals surface area contributed by atoms with E-state index in [0.29, 0.717) is 21.5 Å². The first-order valence-electron chi connectivity index (χ1n) is 5.99. The summed E-state index contributed by atoms with van der Waals surface area (Å²) in [6, 6.07) is 13.0. The van der Waals surface area contributed by atoms with E-state index in [0.717, 1.165) is 11.6 Å². The van der Waals surface area contributed by atoms with Crippen LogP contribution in [0.5, 0.6) is 0 Å². The number of aromatic nitrogens is 2. The van der Waals surface area contributed by atoms with Gasteiger partial charge in [0, 0.05) is 0 Å². The molecule has 0 spiro atoms. The number of nitriles is 2.